The number of benzene rings is 4. The molecule has 9 heteroatoms. The molecule has 1 N–H and O–H groups in total. The average Bonchev–Trinajstić information content (AvgIpc) is 3.01. The van der Waals surface area contributed by atoms with Crippen molar-refractivity contribution in [3.05, 3.63) is 107 Å². The topological polar surface area (TPSA) is 86.3 Å². The Labute approximate surface area is 243 Å². The fourth-order valence-electron chi connectivity index (χ4n) is 5.15. The Morgan fingerprint density at radius 2 is 1.39 bits per heavy atom. The van der Waals surface area contributed by atoms with Crippen LogP contribution < -0.4 is 29.2 Å². The van der Waals surface area contributed by atoms with E-state index in [1.54, 1.807) is 55.5 Å². The number of ether oxygens (including phenoxy) is 4. The van der Waals surface area contributed by atoms with E-state index in [0.29, 0.717) is 50.5 Å². The SMILES string of the molecule is COc1ccc([C@H]2[C@H](C(=O)Nc3cc(Cl)c(OC)cc3OC)c3ccccc3C(=O)N2c2ccc(OC)cc2)cc1. The third-order valence-electron chi connectivity index (χ3n) is 7.16. The van der Waals surface area contributed by atoms with E-state index < -0.39 is 12.0 Å². The second-order valence-electron chi connectivity index (χ2n) is 9.33. The molecule has 2 amide bonds. The van der Waals surface area contributed by atoms with E-state index in [9.17, 15) is 9.59 Å². The molecule has 0 saturated heterocycles. The molecule has 4 aromatic carbocycles. The molecule has 8 nitrogen and oxygen atoms in total. The van der Waals surface area contributed by atoms with Gasteiger partial charge in [0, 0.05) is 17.3 Å². The minimum absolute atomic E-state index is 0.222. The van der Waals surface area contributed by atoms with Gasteiger partial charge in [-0.25, -0.2) is 0 Å². The van der Waals surface area contributed by atoms with Crippen molar-refractivity contribution in [2.45, 2.75) is 12.0 Å². The summed E-state index contributed by atoms with van der Waals surface area (Å²) in [5.41, 5.74) is 2.80. The molecule has 0 spiro atoms. The Balaban J connectivity index is 1.68. The van der Waals surface area contributed by atoms with Crippen LogP contribution in [0.1, 0.15) is 33.4 Å². The lowest BCUT2D eigenvalue weighted by Gasteiger charge is -2.42. The van der Waals surface area contributed by atoms with Crippen LogP contribution in [0.15, 0.2) is 84.9 Å². The average molecular weight is 573 g/mol. The van der Waals surface area contributed by atoms with Crippen molar-refractivity contribution in [2.75, 3.05) is 38.7 Å². The summed E-state index contributed by atoms with van der Waals surface area (Å²) >= 11 is 6.40. The van der Waals surface area contributed by atoms with E-state index >= 15 is 0 Å². The number of amides is 2. The number of methoxy groups -OCH3 is 4. The molecule has 1 aliphatic rings. The largest absolute Gasteiger partial charge is 0.497 e. The van der Waals surface area contributed by atoms with Crippen LogP contribution in [-0.4, -0.2) is 40.3 Å². The highest BCUT2D eigenvalue weighted by atomic mass is 35.5. The van der Waals surface area contributed by atoms with Gasteiger partial charge in [-0.05, 0) is 59.7 Å². The lowest BCUT2D eigenvalue weighted by atomic mass is 9.78. The molecule has 1 heterocycles. The van der Waals surface area contributed by atoms with Crippen LogP contribution >= 0.6 is 11.6 Å². The summed E-state index contributed by atoms with van der Waals surface area (Å²) in [7, 11) is 6.17. The van der Waals surface area contributed by atoms with E-state index in [4.69, 9.17) is 30.5 Å². The van der Waals surface area contributed by atoms with Gasteiger partial charge in [-0.1, -0.05) is 41.9 Å². The van der Waals surface area contributed by atoms with Crippen molar-refractivity contribution in [1.82, 2.24) is 0 Å². The molecule has 0 unspecified atom stereocenters. The number of rotatable bonds is 8. The summed E-state index contributed by atoms with van der Waals surface area (Å²) in [6, 6.07) is 24.2. The Bertz CT molecular complexity index is 1570. The van der Waals surface area contributed by atoms with Crippen LogP contribution in [0.4, 0.5) is 11.4 Å². The lowest BCUT2D eigenvalue weighted by Crippen LogP contribution is -2.46. The first-order valence-electron chi connectivity index (χ1n) is 12.8. The fourth-order valence-corrected chi connectivity index (χ4v) is 5.40. The zero-order valence-corrected chi connectivity index (χ0v) is 23.8. The number of carbonyl (C=O) groups excluding carboxylic acids is 2. The van der Waals surface area contributed by atoms with E-state index in [1.807, 2.05) is 48.5 Å². The second kappa shape index (κ2) is 11.8. The Morgan fingerprint density at radius 3 is 2.00 bits per heavy atom. The monoisotopic (exact) mass is 572 g/mol. The lowest BCUT2D eigenvalue weighted by molar-refractivity contribution is -0.118. The number of hydrogen-bond donors (Lipinski definition) is 1. The van der Waals surface area contributed by atoms with Crippen LogP contribution in [0.5, 0.6) is 23.0 Å². The molecule has 2 atom stereocenters. The molecule has 0 radical (unpaired) electrons. The van der Waals surface area contributed by atoms with Gasteiger partial charge in [0.15, 0.2) is 0 Å². The van der Waals surface area contributed by atoms with Crippen LogP contribution in [0.3, 0.4) is 0 Å². The molecule has 0 bridgehead atoms. The van der Waals surface area contributed by atoms with Gasteiger partial charge in [-0.15, -0.1) is 0 Å². The van der Waals surface area contributed by atoms with Gasteiger partial charge in [0.1, 0.15) is 23.0 Å². The van der Waals surface area contributed by atoms with Crippen molar-refractivity contribution < 1.29 is 28.5 Å². The minimum Gasteiger partial charge on any atom is -0.497 e. The Hall–Kier alpha value is -4.69. The predicted molar refractivity (Wildman–Crippen MR) is 158 cm³/mol. The zero-order valence-electron chi connectivity index (χ0n) is 23.0. The summed E-state index contributed by atoms with van der Waals surface area (Å²) in [5.74, 6) is 0.738. The quantitative estimate of drug-likeness (QED) is 0.259. The maximum atomic E-state index is 14.3. The van der Waals surface area contributed by atoms with Crippen molar-refractivity contribution in [3.63, 3.8) is 0 Å². The first kappa shape index (κ1) is 27.9. The van der Waals surface area contributed by atoms with Gasteiger partial charge in [-0.2, -0.15) is 0 Å². The molecule has 0 fully saturated rings. The number of nitrogens with zero attached hydrogens (tertiary/aromatic N) is 1. The summed E-state index contributed by atoms with van der Waals surface area (Å²) < 4.78 is 21.5. The molecule has 0 aromatic heterocycles. The Kier molecular flexibility index (Phi) is 8.03. The first-order chi connectivity index (χ1) is 19.9. The molecule has 0 saturated carbocycles. The van der Waals surface area contributed by atoms with Crippen LogP contribution in [0.2, 0.25) is 5.02 Å². The summed E-state index contributed by atoms with van der Waals surface area (Å²) in [6.45, 7) is 0. The standard InChI is InChI=1S/C32H29ClN2O6/c1-38-21-13-9-19(10-14-21)30-29(31(36)34-26-17-25(33)27(40-3)18-28(26)41-4)23-7-5-6-8-24(23)32(37)35(30)20-11-15-22(39-2)16-12-20/h5-18,29-30H,1-4H3,(H,34,36)/t29-,30+/m1/s1. The summed E-state index contributed by atoms with van der Waals surface area (Å²) in [4.78, 5) is 30.1. The summed E-state index contributed by atoms with van der Waals surface area (Å²) in [6.07, 6.45) is 0. The van der Waals surface area contributed by atoms with Crippen molar-refractivity contribution in [2.24, 2.45) is 0 Å². The molecule has 1 aliphatic heterocycles. The third-order valence-corrected chi connectivity index (χ3v) is 7.46. The molecule has 0 aliphatic carbocycles. The maximum Gasteiger partial charge on any atom is 0.259 e. The van der Waals surface area contributed by atoms with E-state index in [2.05, 4.69) is 5.32 Å². The van der Waals surface area contributed by atoms with Gasteiger partial charge in [0.25, 0.3) is 5.91 Å². The number of fused-ring (bicyclic) bond motifs is 1. The predicted octanol–water partition coefficient (Wildman–Crippen LogP) is 6.50. The summed E-state index contributed by atoms with van der Waals surface area (Å²) in [5, 5.41) is 3.32. The van der Waals surface area contributed by atoms with Crippen molar-refractivity contribution in [1.29, 1.82) is 0 Å². The fraction of sp³-hybridized carbons (Fsp3) is 0.188. The molecule has 5 rings (SSSR count). The number of hydrogen-bond acceptors (Lipinski definition) is 6. The first-order valence-corrected chi connectivity index (χ1v) is 13.2. The van der Waals surface area contributed by atoms with Gasteiger partial charge in [0.05, 0.1) is 51.1 Å². The number of anilines is 2. The van der Waals surface area contributed by atoms with Gasteiger partial charge in [-0.3, -0.25) is 14.5 Å². The Morgan fingerprint density at radius 1 is 0.780 bits per heavy atom. The maximum absolute atomic E-state index is 14.3. The molecular formula is C32H29ClN2O6. The van der Waals surface area contributed by atoms with Crippen LogP contribution in [0, 0.1) is 0 Å². The number of carbonyl (C=O) groups is 2. The molecule has 41 heavy (non-hydrogen) atoms. The third kappa shape index (κ3) is 5.26. The number of nitrogens with one attached hydrogen (secondary N) is 1. The van der Waals surface area contributed by atoms with Gasteiger partial charge < -0.3 is 24.3 Å². The highest BCUT2D eigenvalue weighted by molar-refractivity contribution is 6.32. The van der Waals surface area contributed by atoms with E-state index in [-0.39, 0.29) is 11.8 Å². The van der Waals surface area contributed by atoms with E-state index in [0.717, 1.165) is 5.56 Å². The zero-order chi connectivity index (χ0) is 29.1. The van der Waals surface area contributed by atoms with Gasteiger partial charge >= 0.3 is 0 Å². The molecule has 210 valence electrons. The normalized spacial score (nSPS) is 16.0. The highest BCUT2D eigenvalue weighted by Crippen LogP contribution is 2.46. The van der Waals surface area contributed by atoms with Crippen molar-refractivity contribution >= 4 is 34.8 Å². The van der Waals surface area contributed by atoms with E-state index in [1.165, 1.54) is 14.2 Å². The van der Waals surface area contributed by atoms with Gasteiger partial charge in [0.2, 0.25) is 5.91 Å². The number of halogens is 1. The second-order valence-corrected chi connectivity index (χ2v) is 9.74. The van der Waals surface area contributed by atoms with Crippen LogP contribution in [0.25, 0.3) is 0 Å². The smallest absolute Gasteiger partial charge is 0.259 e. The van der Waals surface area contributed by atoms with Crippen LogP contribution in [-0.2, 0) is 4.79 Å². The van der Waals surface area contributed by atoms with Crippen molar-refractivity contribution in [3.8, 4) is 23.0 Å². The minimum atomic E-state index is -0.801. The highest BCUT2D eigenvalue weighted by Gasteiger charge is 2.45. The molecular weight excluding hydrogens is 544 g/mol. The molecule has 4 aromatic rings.